The van der Waals surface area contributed by atoms with Crippen molar-refractivity contribution in [1.82, 2.24) is 4.31 Å². The Morgan fingerprint density at radius 1 is 1.40 bits per heavy atom. The quantitative estimate of drug-likeness (QED) is 0.843. The Balaban J connectivity index is 2.39. The lowest BCUT2D eigenvalue weighted by molar-refractivity contribution is 0.0695. The monoisotopic (exact) mass is 363 g/mol. The van der Waals surface area contributed by atoms with Crippen LogP contribution in [0.5, 0.6) is 0 Å². The van der Waals surface area contributed by atoms with Gasteiger partial charge in [0.15, 0.2) is 0 Å². The number of benzene rings is 1. The van der Waals surface area contributed by atoms with Crippen LogP contribution in [0.3, 0.4) is 0 Å². The molecule has 1 aromatic carbocycles. The second-order valence-corrected chi connectivity index (χ2v) is 7.40. The average Bonchev–Trinajstić information content (AvgIpc) is 2.38. The van der Waals surface area contributed by atoms with E-state index in [0.29, 0.717) is 23.9 Å². The van der Waals surface area contributed by atoms with Crippen LogP contribution >= 0.6 is 15.9 Å². The molecule has 0 spiro atoms. The first kappa shape index (κ1) is 15.4. The van der Waals surface area contributed by atoms with Crippen LogP contribution in [0.1, 0.15) is 23.2 Å². The minimum atomic E-state index is -3.78. The highest BCUT2D eigenvalue weighted by atomic mass is 79.9. The molecule has 1 saturated heterocycles. The maximum Gasteiger partial charge on any atom is 0.336 e. The van der Waals surface area contributed by atoms with Crippen LogP contribution in [0, 0.1) is 0 Å². The molecule has 110 valence electrons. The van der Waals surface area contributed by atoms with Crippen molar-refractivity contribution in [3.8, 4) is 0 Å². The van der Waals surface area contributed by atoms with Crippen molar-refractivity contribution in [2.75, 3.05) is 13.1 Å². The summed E-state index contributed by atoms with van der Waals surface area (Å²) in [5, 5.41) is 18.6. The van der Waals surface area contributed by atoms with Crippen molar-refractivity contribution < 1.29 is 23.4 Å². The highest BCUT2D eigenvalue weighted by Gasteiger charge is 2.30. The maximum atomic E-state index is 12.4. The minimum Gasteiger partial charge on any atom is -0.478 e. The van der Waals surface area contributed by atoms with E-state index in [2.05, 4.69) is 15.9 Å². The summed E-state index contributed by atoms with van der Waals surface area (Å²) in [4.78, 5) is 11.0. The van der Waals surface area contributed by atoms with Crippen LogP contribution < -0.4 is 0 Å². The predicted molar refractivity (Wildman–Crippen MR) is 75.1 cm³/mol. The lowest BCUT2D eigenvalue weighted by Crippen LogP contribution is -2.42. The van der Waals surface area contributed by atoms with E-state index in [-0.39, 0.29) is 17.0 Å². The number of carbonyl (C=O) groups is 1. The van der Waals surface area contributed by atoms with Gasteiger partial charge in [0.05, 0.1) is 16.6 Å². The Labute approximate surface area is 125 Å². The van der Waals surface area contributed by atoms with E-state index in [0.717, 1.165) is 6.07 Å². The van der Waals surface area contributed by atoms with Gasteiger partial charge in [-0.2, -0.15) is 4.31 Å². The smallest absolute Gasteiger partial charge is 0.336 e. The number of carboxylic acids is 1. The SMILES string of the molecule is O=C(O)c1cc(S(=O)(=O)N2CCCC(O)C2)ccc1Br. The third-order valence-electron chi connectivity index (χ3n) is 3.17. The van der Waals surface area contributed by atoms with Crippen LogP contribution in [0.15, 0.2) is 27.6 Å². The van der Waals surface area contributed by atoms with E-state index in [1.165, 1.54) is 16.4 Å². The van der Waals surface area contributed by atoms with E-state index in [4.69, 9.17) is 5.11 Å². The normalized spacial score (nSPS) is 20.8. The largest absolute Gasteiger partial charge is 0.478 e. The molecule has 1 aliphatic rings. The number of halogens is 1. The van der Waals surface area contributed by atoms with Gasteiger partial charge in [0, 0.05) is 17.6 Å². The average molecular weight is 364 g/mol. The first-order chi connectivity index (χ1) is 9.32. The molecular formula is C12H14BrNO5S. The molecule has 0 radical (unpaired) electrons. The molecule has 1 fully saturated rings. The highest BCUT2D eigenvalue weighted by Crippen LogP contribution is 2.25. The summed E-state index contributed by atoms with van der Waals surface area (Å²) in [6.45, 7) is 0.374. The van der Waals surface area contributed by atoms with Crippen LogP contribution in [-0.4, -0.2) is 48.1 Å². The second kappa shape index (κ2) is 5.80. The van der Waals surface area contributed by atoms with Gasteiger partial charge in [0.1, 0.15) is 0 Å². The van der Waals surface area contributed by atoms with Gasteiger partial charge in [-0.25, -0.2) is 13.2 Å². The standard InChI is InChI=1S/C12H14BrNO5S/c13-11-4-3-9(6-10(11)12(16)17)20(18,19)14-5-1-2-8(15)7-14/h3-4,6,8,15H,1-2,5,7H2,(H,16,17). The topological polar surface area (TPSA) is 94.9 Å². The van der Waals surface area contributed by atoms with Crippen LogP contribution in [0.2, 0.25) is 0 Å². The molecule has 6 nitrogen and oxygen atoms in total. The molecule has 0 bridgehead atoms. The lowest BCUT2D eigenvalue weighted by Gasteiger charge is -2.29. The van der Waals surface area contributed by atoms with Crippen molar-refractivity contribution in [3.63, 3.8) is 0 Å². The molecule has 8 heteroatoms. The number of sulfonamides is 1. The van der Waals surface area contributed by atoms with E-state index in [1.807, 2.05) is 0 Å². The Morgan fingerprint density at radius 2 is 2.10 bits per heavy atom. The number of nitrogens with zero attached hydrogens (tertiary/aromatic N) is 1. The Morgan fingerprint density at radius 3 is 2.70 bits per heavy atom. The molecule has 2 rings (SSSR count). The Kier molecular flexibility index (Phi) is 4.48. The van der Waals surface area contributed by atoms with Gasteiger partial charge in [-0.05, 0) is 47.0 Å². The number of β-amino-alcohol motifs (C(OH)–C–C–N with tert-alkyl or cyclic N) is 1. The molecule has 2 N–H and O–H groups in total. The van der Waals surface area contributed by atoms with Gasteiger partial charge in [-0.1, -0.05) is 0 Å². The van der Waals surface area contributed by atoms with Gasteiger partial charge < -0.3 is 10.2 Å². The predicted octanol–water partition coefficient (Wildman–Crippen LogP) is 1.29. The van der Waals surface area contributed by atoms with E-state index in [9.17, 15) is 18.3 Å². The summed E-state index contributed by atoms with van der Waals surface area (Å²) < 4.78 is 26.4. The number of hydrogen-bond donors (Lipinski definition) is 2. The zero-order chi connectivity index (χ0) is 14.9. The molecule has 1 heterocycles. The van der Waals surface area contributed by atoms with Crippen LogP contribution in [-0.2, 0) is 10.0 Å². The molecule has 1 aliphatic heterocycles. The lowest BCUT2D eigenvalue weighted by atomic mass is 10.1. The fourth-order valence-corrected chi connectivity index (χ4v) is 4.08. The molecule has 1 aromatic rings. The fourth-order valence-electron chi connectivity index (χ4n) is 2.12. The zero-order valence-corrected chi connectivity index (χ0v) is 12.9. The first-order valence-corrected chi connectivity index (χ1v) is 8.26. The van der Waals surface area contributed by atoms with E-state index < -0.39 is 22.1 Å². The fraction of sp³-hybridized carbons (Fsp3) is 0.417. The highest BCUT2D eigenvalue weighted by molar-refractivity contribution is 9.10. The molecule has 1 unspecified atom stereocenters. The van der Waals surface area contributed by atoms with Crippen molar-refractivity contribution in [2.24, 2.45) is 0 Å². The summed E-state index contributed by atoms with van der Waals surface area (Å²) in [6, 6.07) is 3.88. The van der Waals surface area contributed by atoms with Crippen molar-refractivity contribution in [1.29, 1.82) is 0 Å². The summed E-state index contributed by atoms with van der Waals surface area (Å²) >= 11 is 3.07. The number of rotatable bonds is 3. The molecule has 0 aromatic heterocycles. The Bertz CT molecular complexity index is 631. The van der Waals surface area contributed by atoms with Gasteiger partial charge >= 0.3 is 5.97 Å². The van der Waals surface area contributed by atoms with Gasteiger partial charge in [-0.15, -0.1) is 0 Å². The van der Waals surface area contributed by atoms with E-state index in [1.54, 1.807) is 0 Å². The summed E-state index contributed by atoms with van der Waals surface area (Å²) in [7, 11) is -3.78. The van der Waals surface area contributed by atoms with Gasteiger partial charge in [0.25, 0.3) is 0 Å². The molecule has 20 heavy (non-hydrogen) atoms. The van der Waals surface area contributed by atoms with Crippen molar-refractivity contribution in [3.05, 3.63) is 28.2 Å². The molecular weight excluding hydrogens is 350 g/mol. The van der Waals surface area contributed by atoms with Gasteiger partial charge in [0.2, 0.25) is 10.0 Å². The summed E-state index contributed by atoms with van der Waals surface area (Å²) in [6.07, 6.45) is 0.489. The van der Waals surface area contributed by atoms with Crippen molar-refractivity contribution >= 4 is 31.9 Å². The minimum absolute atomic E-state index is 0.0425. The van der Waals surface area contributed by atoms with Crippen LogP contribution in [0.25, 0.3) is 0 Å². The van der Waals surface area contributed by atoms with E-state index >= 15 is 0 Å². The number of piperidine rings is 1. The van der Waals surface area contributed by atoms with Crippen molar-refractivity contribution in [2.45, 2.75) is 23.8 Å². The number of aliphatic hydroxyl groups excluding tert-OH is 1. The molecule has 0 amide bonds. The third kappa shape index (κ3) is 3.03. The summed E-state index contributed by atoms with van der Waals surface area (Å²) in [5.41, 5.74) is -0.108. The second-order valence-electron chi connectivity index (χ2n) is 4.61. The first-order valence-electron chi connectivity index (χ1n) is 6.03. The molecule has 0 saturated carbocycles. The zero-order valence-electron chi connectivity index (χ0n) is 10.5. The molecule has 1 atom stereocenters. The number of aliphatic hydroxyl groups is 1. The van der Waals surface area contributed by atoms with Gasteiger partial charge in [-0.3, -0.25) is 0 Å². The van der Waals surface area contributed by atoms with Crippen LogP contribution in [0.4, 0.5) is 0 Å². The molecule has 0 aliphatic carbocycles. The maximum absolute atomic E-state index is 12.4. The summed E-state index contributed by atoms with van der Waals surface area (Å²) in [5.74, 6) is -1.20. The number of carboxylic acid groups (broad SMARTS) is 1. The number of aromatic carboxylic acids is 1. The number of hydrogen-bond acceptors (Lipinski definition) is 4. The Hall–Kier alpha value is -0.960. The third-order valence-corrected chi connectivity index (χ3v) is 5.72.